The average molecular weight is 270 g/mol. The minimum atomic E-state index is -0.187. The minimum Gasteiger partial charge on any atom is -0.274 e. The predicted octanol–water partition coefficient (Wildman–Crippen LogP) is 2.02. The van der Waals surface area contributed by atoms with E-state index in [1.807, 2.05) is 36.7 Å². The van der Waals surface area contributed by atoms with Crippen molar-refractivity contribution in [2.45, 2.75) is 27.3 Å². The van der Waals surface area contributed by atoms with Gasteiger partial charge < -0.3 is 0 Å². The molecule has 1 amide bonds. The van der Waals surface area contributed by atoms with Crippen LogP contribution in [0.1, 0.15) is 29.4 Å². The van der Waals surface area contributed by atoms with Crippen molar-refractivity contribution in [3.05, 3.63) is 52.8 Å². The number of nitrogens with zero attached hydrogens (tertiary/aromatic N) is 3. The average Bonchev–Trinajstić information content (AvgIpc) is 2.67. The quantitative estimate of drug-likeness (QED) is 0.682. The van der Waals surface area contributed by atoms with Gasteiger partial charge in [0, 0.05) is 18.2 Å². The van der Waals surface area contributed by atoms with E-state index in [2.05, 4.69) is 27.8 Å². The first-order chi connectivity index (χ1) is 9.58. The van der Waals surface area contributed by atoms with Gasteiger partial charge in [0.05, 0.1) is 18.5 Å². The summed E-state index contributed by atoms with van der Waals surface area (Å²) >= 11 is 0. The highest BCUT2D eigenvalue weighted by Gasteiger charge is 2.09. The molecule has 0 atom stereocenters. The Bertz CT molecular complexity index is 629. The molecule has 104 valence electrons. The fraction of sp³-hybridized carbons (Fsp3) is 0.267. The maximum Gasteiger partial charge on any atom is 0.236 e. The molecule has 0 radical (unpaired) electrons. The number of carbonyl (C=O) groups is 1. The van der Waals surface area contributed by atoms with E-state index in [4.69, 9.17) is 0 Å². The number of rotatable bonds is 4. The number of hydrogen-bond donors (Lipinski definition) is 1. The highest BCUT2D eigenvalue weighted by Crippen LogP contribution is 2.12. The van der Waals surface area contributed by atoms with Crippen molar-refractivity contribution in [1.29, 1.82) is 0 Å². The van der Waals surface area contributed by atoms with Crippen molar-refractivity contribution >= 4 is 12.1 Å². The molecule has 1 aromatic heterocycles. The Morgan fingerprint density at radius 2 is 2.05 bits per heavy atom. The van der Waals surface area contributed by atoms with E-state index in [1.54, 1.807) is 6.21 Å². The molecule has 0 aliphatic rings. The van der Waals surface area contributed by atoms with Crippen LogP contribution in [0.15, 0.2) is 35.4 Å². The molecule has 1 aromatic carbocycles. The summed E-state index contributed by atoms with van der Waals surface area (Å²) in [5.74, 6) is -0.187. The van der Waals surface area contributed by atoms with Gasteiger partial charge in [0.15, 0.2) is 0 Å². The summed E-state index contributed by atoms with van der Waals surface area (Å²) in [6.45, 7) is 6.08. The predicted molar refractivity (Wildman–Crippen MR) is 78.7 cm³/mol. The van der Waals surface area contributed by atoms with Crippen molar-refractivity contribution in [3.63, 3.8) is 0 Å². The molecule has 0 spiro atoms. The molecule has 1 N–H and O–H groups in total. The molecule has 2 rings (SSSR count). The summed E-state index contributed by atoms with van der Waals surface area (Å²) < 4.78 is 1.94. The van der Waals surface area contributed by atoms with Crippen molar-refractivity contribution in [3.8, 4) is 0 Å². The van der Waals surface area contributed by atoms with Crippen LogP contribution in [0, 0.1) is 13.8 Å². The highest BCUT2D eigenvalue weighted by atomic mass is 16.2. The Hall–Kier alpha value is -2.43. The second kappa shape index (κ2) is 6.14. The van der Waals surface area contributed by atoms with Gasteiger partial charge in [-0.3, -0.25) is 9.48 Å². The van der Waals surface area contributed by atoms with E-state index in [1.165, 1.54) is 12.5 Å². The lowest BCUT2D eigenvalue weighted by Gasteiger charge is -2.04. The van der Waals surface area contributed by atoms with Gasteiger partial charge in [0.1, 0.15) is 0 Å². The fourth-order valence-electron chi connectivity index (χ4n) is 2.00. The van der Waals surface area contributed by atoms with Crippen molar-refractivity contribution in [2.24, 2.45) is 5.10 Å². The van der Waals surface area contributed by atoms with E-state index in [0.717, 1.165) is 23.5 Å². The van der Waals surface area contributed by atoms with Crippen molar-refractivity contribution < 1.29 is 4.79 Å². The first kappa shape index (κ1) is 14.0. The molecule has 0 saturated carbocycles. The van der Waals surface area contributed by atoms with Gasteiger partial charge in [-0.25, -0.2) is 5.43 Å². The van der Waals surface area contributed by atoms with Crippen molar-refractivity contribution in [1.82, 2.24) is 15.2 Å². The Balaban J connectivity index is 2.20. The largest absolute Gasteiger partial charge is 0.274 e. The Morgan fingerprint density at radius 1 is 1.35 bits per heavy atom. The van der Waals surface area contributed by atoms with Crippen LogP contribution in [0.2, 0.25) is 0 Å². The molecule has 0 aliphatic carbocycles. The third-order valence-electron chi connectivity index (χ3n) is 3.03. The number of aryl methyl sites for hydroxylation is 1. The zero-order valence-corrected chi connectivity index (χ0v) is 11.9. The van der Waals surface area contributed by atoms with Gasteiger partial charge in [0.25, 0.3) is 0 Å². The van der Waals surface area contributed by atoms with Crippen molar-refractivity contribution in [2.75, 3.05) is 0 Å². The smallest absolute Gasteiger partial charge is 0.236 e. The Labute approximate surface area is 118 Å². The van der Waals surface area contributed by atoms with Gasteiger partial charge in [-0.1, -0.05) is 30.3 Å². The molecule has 5 heteroatoms. The van der Waals surface area contributed by atoms with E-state index in [-0.39, 0.29) is 5.91 Å². The summed E-state index contributed by atoms with van der Waals surface area (Å²) in [5.41, 5.74) is 6.46. The molecule has 0 fully saturated rings. The van der Waals surface area contributed by atoms with E-state index in [0.29, 0.717) is 0 Å². The Morgan fingerprint density at radius 3 is 2.70 bits per heavy atom. The third-order valence-corrected chi connectivity index (χ3v) is 3.03. The number of amides is 1. The number of nitrogens with one attached hydrogen (secondary N) is 1. The molecule has 20 heavy (non-hydrogen) atoms. The van der Waals surface area contributed by atoms with Gasteiger partial charge in [-0.2, -0.15) is 10.2 Å². The number of carbonyl (C=O) groups excluding carboxylic acids is 1. The molecule has 0 unspecified atom stereocenters. The summed E-state index contributed by atoms with van der Waals surface area (Å²) in [6, 6.07) is 10.2. The molecule has 0 saturated heterocycles. The summed E-state index contributed by atoms with van der Waals surface area (Å²) in [7, 11) is 0. The number of aromatic nitrogens is 2. The second-order valence-corrected chi connectivity index (χ2v) is 4.65. The Kier molecular flexibility index (Phi) is 4.30. The normalized spacial score (nSPS) is 10.9. The molecule has 5 nitrogen and oxygen atoms in total. The van der Waals surface area contributed by atoms with Crippen LogP contribution in [0.4, 0.5) is 0 Å². The van der Waals surface area contributed by atoms with Crippen LogP contribution in [0.5, 0.6) is 0 Å². The standard InChI is InChI=1S/C15H18N4O/c1-11-15(9-16-17-13(3)20)12(2)19(18-11)10-14-7-5-4-6-8-14/h4-9H,10H2,1-3H3,(H,17,20)/b16-9+. The second-order valence-electron chi connectivity index (χ2n) is 4.65. The summed E-state index contributed by atoms with van der Waals surface area (Å²) in [6.07, 6.45) is 1.64. The van der Waals surface area contributed by atoms with E-state index < -0.39 is 0 Å². The first-order valence-electron chi connectivity index (χ1n) is 6.45. The number of benzene rings is 1. The highest BCUT2D eigenvalue weighted by molar-refractivity contribution is 5.84. The third kappa shape index (κ3) is 3.32. The van der Waals surface area contributed by atoms with Crippen LogP contribution in [-0.4, -0.2) is 21.9 Å². The van der Waals surface area contributed by atoms with Crippen LogP contribution in [0.25, 0.3) is 0 Å². The minimum absolute atomic E-state index is 0.187. The summed E-state index contributed by atoms with van der Waals surface area (Å²) in [5, 5.41) is 8.42. The van der Waals surface area contributed by atoms with Gasteiger partial charge in [-0.15, -0.1) is 0 Å². The van der Waals surface area contributed by atoms with Crippen LogP contribution >= 0.6 is 0 Å². The zero-order valence-electron chi connectivity index (χ0n) is 11.9. The van der Waals surface area contributed by atoms with Crippen LogP contribution in [-0.2, 0) is 11.3 Å². The van der Waals surface area contributed by atoms with Gasteiger partial charge >= 0.3 is 0 Å². The lowest BCUT2D eigenvalue weighted by molar-refractivity contribution is -0.118. The van der Waals surface area contributed by atoms with E-state index >= 15 is 0 Å². The molecule has 2 aromatic rings. The molecular formula is C15H18N4O. The lowest BCUT2D eigenvalue weighted by Crippen LogP contribution is -2.12. The fourth-order valence-corrected chi connectivity index (χ4v) is 2.00. The number of hydrazone groups is 1. The topological polar surface area (TPSA) is 59.3 Å². The summed E-state index contributed by atoms with van der Waals surface area (Å²) in [4.78, 5) is 10.8. The maximum atomic E-state index is 10.8. The van der Waals surface area contributed by atoms with Gasteiger partial charge in [0.2, 0.25) is 5.91 Å². The van der Waals surface area contributed by atoms with E-state index in [9.17, 15) is 4.79 Å². The van der Waals surface area contributed by atoms with Crippen LogP contribution < -0.4 is 5.43 Å². The molecule has 0 bridgehead atoms. The SMILES string of the molecule is CC(=O)N/N=C/c1c(C)nn(Cc2ccccc2)c1C. The molecule has 1 heterocycles. The number of hydrogen-bond acceptors (Lipinski definition) is 3. The van der Waals surface area contributed by atoms with Gasteiger partial charge in [-0.05, 0) is 19.4 Å². The zero-order chi connectivity index (χ0) is 14.5. The van der Waals surface area contributed by atoms with Crippen LogP contribution in [0.3, 0.4) is 0 Å². The molecule has 0 aliphatic heterocycles. The monoisotopic (exact) mass is 270 g/mol. The maximum absolute atomic E-state index is 10.8. The molecular weight excluding hydrogens is 252 g/mol. The lowest BCUT2D eigenvalue weighted by atomic mass is 10.2. The first-order valence-corrected chi connectivity index (χ1v) is 6.45.